The van der Waals surface area contributed by atoms with Crippen molar-refractivity contribution in [2.75, 3.05) is 13.2 Å². The summed E-state index contributed by atoms with van der Waals surface area (Å²) in [5, 5.41) is 4.39. The van der Waals surface area contributed by atoms with Crippen LogP contribution < -0.4 is 5.56 Å². The molecular weight excluding hydrogens is 474 g/mol. The van der Waals surface area contributed by atoms with Crippen molar-refractivity contribution in [2.24, 2.45) is 0 Å². The van der Waals surface area contributed by atoms with Gasteiger partial charge in [-0.05, 0) is 61.6 Å². The van der Waals surface area contributed by atoms with Crippen molar-refractivity contribution < 1.29 is 22.3 Å². The normalized spacial score (nSPS) is 16.7. The van der Waals surface area contributed by atoms with Crippen LogP contribution in [-0.2, 0) is 17.5 Å². The Balaban J connectivity index is 0.000000325. The molecule has 5 rings (SSSR count). The van der Waals surface area contributed by atoms with Crippen molar-refractivity contribution in [1.82, 2.24) is 14.8 Å². The lowest BCUT2D eigenvalue weighted by Crippen LogP contribution is -2.34. The van der Waals surface area contributed by atoms with E-state index in [1.165, 1.54) is 24.4 Å². The molecule has 9 heteroatoms. The van der Waals surface area contributed by atoms with Crippen LogP contribution >= 0.6 is 0 Å². The quantitative estimate of drug-likeness (QED) is 0.410. The molecule has 192 valence electrons. The maximum absolute atomic E-state index is 13.3. The molecule has 0 N–H and O–H groups in total. The van der Waals surface area contributed by atoms with Gasteiger partial charge >= 0.3 is 6.18 Å². The van der Waals surface area contributed by atoms with E-state index in [4.69, 9.17) is 4.74 Å². The van der Waals surface area contributed by atoms with Crippen molar-refractivity contribution in [3.8, 4) is 0 Å². The van der Waals surface area contributed by atoms with Crippen LogP contribution in [0, 0.1) is 12.7 Å². The summed E-state index contributed by atoms with van der Waals surface area (Å²) in [7, 11) is 0. The highest BCUT2D eigenvalue weighted by Gasteiger charge is 2.34. The minimum Gasteiger partial charge on any atom is -0.380 e. The molecule has 1 aliphatic heterocycles. The average molecular weight is 504 g/mol. The van der Waals surface area contributed by atoms with Gasteiger partial charge in [-0.15, -0.1) is 0 Å². The van der Waals surface area contributed by atoms with Gasteiger partial charge in [-0.1, -0.05) is 31.4 Å². The van der Waals surface area contributed by atoms with Crippen LogP contribution in [0.25, 0.3) is 0 Å². The number of aromatic nitrogens is 3. The molecule has 2 aliphatic rings. The maximum atomic E-state index is 13.3. The van der Waals surface area contributed by atoms with E-state index in [0.717, 1.165) is 54.1 Å². The van der Waals surface area contributed by atoms with Gasteiger partial charge in [-0.3, -0.25) is 9.78 Å². The molecule has 5 nitrogen and oxygen atoms in total. The summed E-state index contributed by atoms with van der Waals surface area (Å²) in [6, 6.07) is 10.6. The van der Waals surface area contributed by atoms with Crippen LogP contribution in [0.15, 0.2) is 53.5 Å². The fourth-order valence-electron chi connectivity index (χ4n) is 4.57. The Morgan fingerprint density at radius 3 is 2.36 bits per heavy atom. The van der Waals surface area contributed by atoms with Crippen LogP contribution in [0.2, 0.25) is 0 Å². The van der Waals surface area contributed by atoms with Gasteiger partial charge < -0.3 is 4.74 Å². The Labute approximate surface area is 207 Å². The van der Waals surface area contributed by atoms with E-state index < -0.39 is 11.7 Å². The van der Waals surface area contributed by atoms with Gasteiger partial charge in [0, 0.05) is 17.7 Å². The smallest absolute Gasteiger partial charge is 0.380 e. The third kappa shape index (κ3) is 6.37. The van der Waals surface area contributed by atoms with Crippen molar-refractivity contribution in [3.05, 3.63) is 92.9 Å². The number of alkyl halides is 3. The van der Waals surface area contributed by atoms with E-state index in [1.807, 2.05) is 19.1 Å². The second-order valence-corrected chi connectivity index (χ2v) is 9.35. The molecule has 0 spiro atoms. The number of hydrogen-bond donors (Lipinski definition) is 0. The fourth-order valence-corrected chi connectivity index (χ4v) is 4.57. The van der Waals surface area contributed by atoms with Crippen LogP contribution in [-0.4, -0.2) is 28.0 Å². The largest absolute Gasteiger partial charge is 0.418 e. The molecule has 1 saturated heterocycles. The van der Waals surface area contributed by atoms with Crippen LogP contribution in [0.1, 0.15) is 72.0 Å². The topological polar surface area (TPSA) is 57.0 Å². The van der Waals surface area contributed by atoms with E-state index in [9.17, 15) is 22.4 Å². The van der Waals surface area contributed by atoms with E-state index in [2.05, 4.69) is 10.1 Å². The van der Waals surface area contributed by atoms with E-state index >= 15 is 0 Å². The van der Waals surface area contributed by atoms with Crippen molar-refractivity contribution in [2.45, 2.75) is 63.6 Å². The van der Waals surface area contributed by atoms with Gasteiger partial charge in [-0.2, -0.15) is 18.3 Å². The van der Waals surface area contributed by atoms with Gasteiger partial charge in [0.05, 0.1) is 36.7 Å². The Hall–Kier alpha value is -3.07. The molecule has 1 aliphatic carbocycles. The molecule has 2 fully saturated rings. The molecule has 3 heterocycles. The molecule has 3 aromatic rings. The zero-order chi connectivity index (χ0) is 25.7. The van der Waals surface area contributed by atoms with Crippen molar-refractivity contribution in [3.63, 3.8) is 0 Å². The van der Waals surface area contributed by atoms with E-state index in [0.29, 0.717) is 18.8 Å². The lowest BCUT2D eigenvalue weighted by molar-refractivity contribution is -0.138. The third-order valence-corrected chi connectivity index (χ3v) is 6.60. The molecule has 1 saturated carbocycles. The van der Waals surface area contributed by atoms with Gasteiger partial charge in [0.2, 0.25) is 0 Å². The lowest BCUT2D eigenvalue weighted by atomic mass is 9.84. The summed E-state index contributed by atoms with van der Waals surface area (Å²) >= 11 is 0. The van der Waals surface area contributed by atoms with Gasteiger partial charge in [0.25, 0.3) is 5.56 Å². The molecule has 0 atom stereocenters. The average Bonchev–Trinajstić information content (AvgIpc) is 2.80. The first kappa shape index (κ1) is 26.0. The van der Waals surface area contributed by atoms with Gasteiger partial charge in [0.15, 0.2) is 0 Å². The summed E-state index contributed by atoms with van der Waals surface area (Å²) in [5.74, 6) is 0.0612. The number of ether oxygens (including phenoxy) is 1. The first-order valence-electron chi connectivity index (χ1n) is 12.2. The Morgan fingerprint density at radius 2 is 1.78 bits per heavy atom. The van der Waals surface area contributed by atoms with E-state index in [1.54, 1.807) is 6.07 Å². The zero-order valence-corrected chi connectivity index (χ0v) is 20.1. The predicted molar refractivity (Wildman–Crippen MR) is 127 cm³/mol. The first-order chi connectivity index (χ1) is 17.2. The molecule has 1 aromatic carbocycles. The highest BCUT2D eigenvalue weighted by atomic mass is 19.4. The summed E-state index contributed by atoms with van der Waals surface area (Å²) in [5.41, 5.74) is 1.01. The van der Waals surface area contributed by atoms with Gasteiger partial charge in [0.1, 0.15) is 5.82 Å². The molecule has 0 amide bonds. The fraction of sp³-hybridized carbons (Fsp3) is 0.444. The minimum absolute atomic E-state index is 0.0833. The zero-order valence-electron chi connectivity index (χ0n) is 20.1. The Kier molecular flexibility index (Phi) is 8.18. The maximum Gasteiger partial charge on any atom is 0.418 e. The number of rotatable bonds is 4. The molecule has 0 radical (unpaired) electrons. The number of halogens is 4. The summed E-state index contributed by atoms with van der Waals surface area (Å²) in [4.78, 5) is 17.0. The summed E-state index contributed by atoms with van der Waals surface area (Å²) in [6.45, 7) is 2.61. The predicted octanol–water partition coefficient (Wildman–Crippen LogP) is 6.00. The van der Waals surface area contributed by atoms with Gasteiger partial charge in [-0.25, -0.2) is 9.07 Å². The third-order valence-electron chi connectivity index (χ3n) is 6.60. The van der Waals surface area contributed by atoms with Crippen LogP contribution in [0.4, 0.5) is 17.6 Å². The Bertz CT molecular complexity index is 1210. The second kappa shape index (κ2) is 11.3. The number of pyridine rings is 1. The van der Waals surface area contributed by atoms with Crippen LogP contribution in [0.5, 0.6) is 0 Å². The number of aryl methyl sites for hydroxylation is 1. The Morgan fingerprint density at radius 1 is 1.03 bits per heavy atom. The van der Waals surface area contributed by atoms with E-state index in [-0.39, 0.29) is 35.5 Å². The summed E-state index contributed by atoms with van der Waals surface area (Å²) in [6.07, 6.45) is 1.91. The van der Waals surface area contributed by atoms with Crippen LogP contribution in [0.3, 0.4) is 0 Å². The monoisotopic (exact) mass is 503 g/mol. The molecule has 0 unspecified atom stereocenters. The molecule has 2 aromatic heterocycles. The highest BCUT2D eigenvalue weighted by Crippen LogP contribution is 2.33. The van der Waals surface area contributed by atoms with Crippen molar-refractivity contribution >= 4 is 0 Å². The lowest BCUT2D eigenvalue weighted by Gasteiger charge is -2.28. The number of benzene rings is 1. The SMILES string of the molecule is Cc1cccc(F)c1.O=c1c(C2CCCCC2)cc(C2COC2)nn1Cc1ncccc1C(F)(F)F. The van der Waals surface area contributed by atoms with Crippen molar-refractivity contribution in [1.29, 1.82) is 0 Å². The summed E-state index contributed by atoms with van der Waals surface area (Å²) < 4.78 is 58.6. The number of nitrogens with zero attached hydrogens (tertiary/aromatic N) is 3. The molecular formula is C27H29F4N3O2. The standard InChI is InChI=1S/C20H22F3N3O2.C7H7F/c21-20(22,23)16-7-4-8-24-18(16)10-26-19(27)15(13-5-2-1-3-6-13)9-17(25-26)14-11-28-12-14;1-6-3-2-4-7(8)5-6/h4,7-9,13-14H,1-3,5-6,10-12H2;2-5H,1H3. The molecule has 0 bridgehead atoms. The first-order valence-corrected chi connectivity index (χ1v) is 12.2. The minimum atomic E-state index is -4.53. The highest BCUT2D eigenvalue weighted by molar-refractivity contribution is 5.26. The number of hydrogen-bond acceptors (Lipinski definition) is 4. The second-order valence-electron chi connectivity index (χ2n) is 9.35. The molecule has 36 heavy (non-hydrogen) atoms.